The first-order valence-corrected chi connectivity index (χ1v) is 14.5. The number of pyridine rings is 1. The molecule has 2 atom stereocenters. The van der Waals surface area contributed by atoms with E-state index in [1.165, 1.54) is 0 Å². The van der Waals surface area contributed by atoms with Crippen LogP contribution in [0.3, 0.4) is 0 Å². The highest BCUT2D eigenvalue weighted by atomic mass is 16.5. The molecule has 0 bridgehead atoms. The van der Waals surface area contributed by atoms with E-state index in [1.807, 2.05) is 112 Å². The molecule has 0 aliphatic heterocycles. The summed E-state index contributed by atoms with van der Waals surface area (Å²) in [6, 6.07) is 19.2. The molecule has 0 saturated carbocycles. The molecular weight excluding hydrogens is 540 g/mol. The van der Waals surface area contributed by atoms with E-state index in [0.717, 1.165) is 46.1 Å². The zero-order valence-corrected chi connectivity index (χ0v) is 25.6. The van der Waals surface area contributed by atoms with E-state index in [9.17, 15) is 4.79 Å². The van der Waals surface area contributed by atoms with Gasteiger partial charge in [-0.3, -0.25) is 9.72 Å². The van der Waals surface area contributed by atoms with Crippen LogP contribution in [0.1, 0.15) is 62.4 Å². The van der Waals surface area contributed by atoms with Crippen molar-refractivity contribution in [3.8, 4) is 5.75 Å². The van der Waals surface area contributed by atoms with Crippen molar-refractivity contribution in [1.29, 1.82) is 5.41 Å². The molecule has 2 amide bonds. The third-order valence-corrected chi connectivity index (χ3v) is 7.45. The number of aryl methyl sites for hydroxylation is 1. The monoisotopic (exact) mass is 580 g/mol. The summed E-state index contributed by atoms with van der Waals surface area (Å²) >= 11 is 0. The molecule has 2 heterocycles. The lowest BCUT2D eigenvalue weighted by molar-refractivity contribution is 0.171. The van der Waals surface area contributed by atoms with E-state index in [0.29, 0.717) is 18.0 Å². The van der Waals surface area contributed by atoms with E-state index < -0.39 is 0 Å². The second kappa shape index (κ2) is 12.2. The summed E-state index contributed by atoms with van der Waals surface area (Å²) in [6.07, 6.45) is 4.85. The van der Waals surface area contributed by atoms with Gasteiger partial charge in [-0.15, -0.1) is 10.2 Å². The van der Waals surface area contributed by atoms with Crippen molar-refractivity contribution >= 4 is 29.0 Å². The Morgan fingerprint density at radius 2 is 1.74 bits per heavy atom. The fraction of sp³-hybridized carbons (Fsp3) is 0.333. The molecule has 43 heavy (non-hydrogen) atoms. The number of fused-ring (bicyclic) bond motifs is 2. The van der Waals surface area contributed by atoms with E-state index in [4.69, 9.17) is 10.1 Å². The number of rotatable bonds is 8. The van der Waals surface area contributed by atoms with Gasteiger partial charge in [0.1, 0.15) is 17.7 Å². The SMILES string of the molecule is Cc1ccc(N/C(=C\C(=N)C(C)(C)C)NC(=O)N[C@H]2CC[C@@H](Oc3ccc4nnc(N(C)C)n4c3)c3ccccc32)cc1. The van der Waals surface area contributed by atoms with Crippen molar-refractivity contribution in [2.24, 2.45) is 5.41 Å². The summed E-state index contributed by atoms with van der Waals surface area (Å²) in [5, 5.41) is 26.4. The average Bonchev–Trinajstić information content (AvgIpc) is 3.39. The Morgan fingerprint density at radius 1 is 1.02 bits per heavy atom. The van der Waals surface area contributed by atoms with Crippen LogP contribution in [0.25, 0.3) is 5.65 Å². The third kappa shape index (κ3) is 6.97. The molecule has 0 fully saturated rings. The Labute approximate surface area is 252 Å². The van der Waals surface area contributed by atoms with Gasteiger partial charge in [0.05, 0.1) is 12.2 Å². The molecule has 4 aromatic rings. The van der Waals surface area contributed by atoms with Crippen molar-refractivity contribution in [3.05, 3.63) is 95.4 Å². The first kappa shape index (κ1) is 29.6. The van der Waals surface area contributed by atoms with Crippen molar-refractivity contribution in [2.45, 2.75) is 52.7 Å². The van der Waals surface area contributed by atoms with Gasteiger partial charge in [0.15, 0.2) is 5.65 Å². The standard InChI is InChI=1S/C33H40N8O2/c1-21-11-13-22(14-12-21)35-29(19-28(34)33(2,3)4)37-31(42)36-26-16-17-27(25-10-8-7-9-24(25)26)43-23-15-18-30-38-39-32(40(5)6)41(30)20-23/h7-15,18-20,26-27,34-35H,16-17H2,1-6H3,(H2,36,37,42)/b29-19+,34-28?/t26-,27+/m0/s1. The van der Waals surface area contributed by atoms with E-state index in [2.05, 4.69) is 32.2 Å². The van der Waals surface area contributed by atoms with Crippen LogP contribution in [0.4, 0.5) is 16.4 Å². The minimum absolute atomic E-state index is 0.167. The smallest absolute Gasteiger partial charge is 0.320 e. The van der Waals surface area contributed by atoms with Crippen LogP contribution in [0.5, 0.6) is 5.75 Å². The van der Waals surface area contributed by atoms with E-state index >= 15 is 0 Å². The Hall–Kier alpha value is -4.86. The summed E-state index contributed by atoms with van der Waals surface area (Å²) in [6.45, 7) is 7.94. The average molecular weight is 581 g/mol. The Balaban J connectivity index is 1.32. The molecule has 1 aliphatic carbocycles. The maximum atomic E-state index is 13.3. The largest absolute Gasteiger partial charge is 0.484 e. The van der Waals surface area contributed by atoms with Gasteiger partial charge in [-0.05, 0) is 55.2 Å². The van der Waals surface area contributed by atoms with Crippen molar-refractivity contribution in [1.82, 2.24) is 25.2 Å². The van der Waals surface area contributed by atoms with Gasteiger partial charge in [0.2, 0.25) is 5.95 Å². The molecule has 0 spiro atoms. The Morgan fingerprint density at radius 3 is 2.44 bits per heavy atom. The number of allylic oxidation sites excluding steroid dienone is 1. The number of nitrogens with zero attached hydrogens (tertiary/aromatic N) is 4. The van der Waals surface area contributed by atoms with Gasteiger partial charge >= 0.3 is 6.03 Å². The highest BCUT2D eigenvalue weighted by molar-refractivity contribution is 5.97. The van der Waals surface area contributed by atoms with Crippen molar-refractivity contribution in [2.75, 3.05) is 24.3 Å². The zero-order valence-electron chi connectivity index (χ0n) is 25.6. The molecule has 2 aromatic heterocycles. The van der Waals surface area contributed by atoms with Gasteiger partial charge in [-0.25, -0.2) is 4.79 Å². The summed E-state index contributed by atoms with van der Waals surface area (Å²) < 4.78 is 8.41. The second-order valence-electron chi connectivity index (χ2n) is 12.2. The molecule has 10 heteroatoms. The predicted octanol–water partition coefficient (Wildman–Crippen LogP) is 6.38. The molecule has 10 nitrogen and oxygen atoms in total. The number of carbonyl (C=O) groups is 1. The molecular formula is C33H40N8O2. The summed E-state index contributed by atoms with van der Waals surface area (Å²) in [7, 11) is 3.85. The summed E-state index contributed by atoms with van der Waals surface area (Å²) in [4.78, 5) is 15.2. The number of hydrogen-bond donors (Lipinski definition) is 4. The minimum Gasteiger partial charge on any atom is -0.484 e. The highest BCUT2D eigenvalue weighted by Gasteiger charge is 2.30. The molecule has 0 saturated heterocycles. The van der Waals surface area contributed by atoms with Crippen LogP contribution in [0, 0.1) is 17.7 Å². The number of carbonyl (C=O) groups excluding carboxylic acids is 1. The fourth-order valence-electron chi connectivity index (χ4n) is 4.99. The van der Waals surface area contributed by atoms with E-state index in [1.54, 1.807) is 6.08 Å². The van der Waals surface area contributed by atoms with E-state index in [-0.39, 0.29) is 23.6 Å². The van der Waals surface area contributed by atoms with Crippen LogP contribution < -0.4 is 25.6 Å². The molecule has 0 radical (unpaired) electrons. The van der Waals surface area contributed by atoms with Crippen LogP contribution in [-0.2, 0) is 0 Å². The predicted molar refractivity (Wildman–Crippen MR) is 171 cm³/mol. The van der Waals surface area contributed by atoms with Crippen LogP contribution >= 0.6 is 0 Å². The second-order valence-corrected chi connectivity index (χ2v) is 12.2. The van der Waals surface area contributed by atoms with Gasteiger partial charge in [-0.2, -0.15) is 0 Å². The molecule has 4 N–H and O–H groups in total. The van der Waals surface area contributed by atoms with Crippen LogP contribution in [0.2, 0.25) is 0 Å². The highest BCUT2D eigenvalue weighted by Crippen LogP contribution is 2.39. The normalized spacial score (nSPS) is 16.7. The van der Waals surface area contributed by atoms with Gasteiger partial charge < -0.3 is 25.7 Å². The van der Waals surface area contributed by atoms with Gasteiger partial charge in [0.25, 0.3) is 0 Å². The summed E-state index contributed by atoms with van der Waals surface area (Å²) in [5.41, 5.74) is 4.80. The number of aromatic nitrogens is 3. The van der Waals surface area contributed by atoms with Crippen LogP contribution in [0.15, 0.2) is 78.8 Å². The number of urea groups is 1. The van der Waals surface area contributed by atoms with Crippen LogP contribution in [-0.4, -0.2) is 40.4 Å². The molecule has 0 unspecified atom stereocenters. The van der Waals surface area contributed by atoms with Crippen molar-refractivity contribution < 1.29 is 9.53 Å². The zero-order chi connectivity index (χ0) is 30.7. The lowest BCUT2D eigenvalue weighted by Gasteiger charge is -2.32. The van der Waals surface area contributed by atoms with Gasteiger partial charge in [0, 0.05) is 37.0 Å². The topological polar surface area (TPSA) is 120 Å². The number of ether oxygens (including phenoxy) is 1. The number of anilines is 2. The molecule has 1 aliphatic rings. The fourth-order valence-corrected chi connectivity index (χ4v) is 4.99. The maximum absolute atomic E-state index is 13.3. The number of nitrogens with one attached hydrogen (secondary N) is 4. The molecule has 2 aromatic carbocycles. The molecule has 5 rings (SSSR count). The third-order valence-electron chi connectivity index (χ3n) is 7.45. The number of benzene rings is 2. The first-order valence-electron chi connectivity index (χ1n) is 14.5. The lowest BCUT2D eigenvalue weighted by Crippen LogP contribution is -2.41. The molecule has 224 valence electrons. The number of hydrogen-bond acceptors (Lipinski definition) is 7. The Kier molecular flexibility index (Phi) is 8.38. The lowest BCUT2D eigenvalue weighted by atomic mass is 9.85. The quantitative estimate of drug-likeness (QED) is 0.180. The maximum Gasteiger partial charge on any atom is 0.320 e. The number of amides is 2. The first-order chi connectivity index (χ1) is 20.5. The minimum atomic E-state index is -0.372. The Bertz CT molecular complexity index is 1650. The summed E-state index contributed by atoms with van der Waals surface area (Å²) in [5.74, 6) is 1.88. The van der Waals surface area contributed by atoms with Gasteiger partial charge in [-0.1, -0.05) is 62.7 Å². The van der Waals surface area contributed by atoms with Crippen molar-refractivity contribution in [3.63, 3.8) is 0 Å².